The summed E-state index contributed by atoms with van der Waals surface area (Å²) in [6.45, 7) is 5.84. The summed E-state index contributed by atoms with van der Waals surface area (Å²) < 4.78 is 7.44. The van der Waals surface area contributed by atoms with Gasteiger partial charge in [0.25, 0.3) is 0 Å². The smallest absolute Gasteiger partial charge is 0.246 e. The minimum atomic E-state index is 0.341. The molecule has 0 atom stereocenters. The van der Waals surface area contributed by atoms with Gasteiger partial charge in [-0.15, -0.1) is 0 Å². The molecule has 25 heavy (non-hydrogen) atoms. The van der Waals surface area contributed by atoms with E-state index in [1.807, 2.05) is 25.1 Å². The maximum atomic E-state index is 6.29. The van der Waals surface area contributed by atoms with E-state index in [0.29, 0.717) is 38.9 Å². The van der Waals surface area contributed by atoms with Crippen LogP contribution in [0.1, 0.15) is 17.0 Å². The third-order valence-corrected chi connectivity index (χ3v) is 4.31. The van der Waals surface area contributed by atoms with Crippen LogP contribution in [0, 0.1) is 6.92 Å². The quantitative estimate of drug-likeness (QED) is 0.640. The molecule has 0 fully saturated rings. The zero-order chi connectivity index (χ0) is 17.6. The second-order valence-electron chi connectivity index (χ2n) is 5.47. The van der Waals surface area contributed by atoms with Gasteiger partial charge in [-0.25, -0.2) is 14.7 Å². The number of aryl methyl sites for hydroxylation is 1. The first-order valence-electron chi connectivity index (χ1n) is 7.47. The summed E-state index contributed by atoms with van der Waals surface area (Å²) >= 11 is 12.6. The Balaban J connectivity index is 1.91. The van der Waals surface area contributed by atoms with E-state index >= 15 is 0 Å². The van der Waals surface area contributed by atoms with Crippen LogP contribution in [0.15, 0.2) is 54.2 Å². The Labute approximate surface area is 154 Å². The van der Waals surface area contributed by atoms with Gasteiger partial charge in [0.15, 0.2) is 5.82 Å². The third kappa shape index (κ3) is 2.71. The molecule has 1 aliphatic heterocycles. The fourth-order valence-corrected chi connectivity index (χ4v) is 3.02. The Bertz CT molecular complexity index is 1040. The number of rotatable bonds is 2. The Morgan fingerprint density at radius 3 is 2.72 bits per heavy atom. The number of pyridine rings is 1. The normalized spacial score (nSPS) is 13.2. The molecule has 124 valence electrons. The summed E-state index contributed by atoms with van der Waals surface area (Å²) in [4.78, 5) is 8.87. The summed E-state index contributed by atoms with van der Waals surface area (Å²) in [5.74, 6) is 1.31. The lowest BCUT2D eigenvalue weighted by molar-refractivity contribution is 0.500. The SMILES string of the molecule is C=C1OC(c2cc(C)nn2-c2ncccc2Cl)=Nc2c(Cl)cccc21. The largest absolute Gasteiger partial charge is 0.437 e. The van der Waals surface area contributed by atoms with E-state index in [4.69, 9.17) is 27.9 Å². The number of hydrogen-bond acceptors (Lipinski definition) is 4. The van der Waals surface area contributed by atoms with Crippen LogP contribution in [0.2, 0.25) is 10.0 Å². The van der Waals surface area contributed by atoms with E-state index in [-0.39, 0.29) is 0 Å². The molecule has 1 aromatic carbocycles. The van der Waals surface area contributed by atoms with Crippen molar-refractivity contribution in [2.45, 2.75) is 6.92 Å². The fourth-order valence-electron chi connectivity index (χ4n) is 2.61. The van der Waals surface area contributed by atoms with E-state index < -0.39 is 0 Å². The van der Waals surface area contributed by atoms with E-state index in [9.17, 15) is 0 Å². The fraction of sp³-hybridized carbons (Fsp3) is 0.0556. The minimum absolute atomic E-state index is 0.341. The average Bonchev–Trinajstić information content (AvgIpc) is 2.98. The van der Waals surface area contributed by atoms with Crippen molar-refractivity contribution in [1.82, 2.24) is 14.8 Å². The van der Waals surface area contributed by atoms with Crippen molar-refractivity contribution in [1.29, 1.82) is 0 Å². The van der Waals surface area contributed by atoms with Gasteiger partial charge in [0, 0.05) is 11.8 Å². The third-order valence-electron chi connectivity index (χ3n) is 3.71. The van der Waals surface area contributed by atoms with Crippen LogP contribution < -0.4 is 0 Å². The van der Waals surface area contributed by atoms with Gasteiger partial charge < -0.3 is 4.74 Å². The molecule has 0 N–H and O–H groups in total. The van der Waals surface area contributed by atoms with Crippen molar-refractivity contribution < 1.29 is 4.74 Å². The number of aromatic nitrogens is 3. The number of hydrogen-bond donors (Lipinski definition) is 0. The van der Waals surface area contributed by atoms with Crippen molar-refractivity contribution in [3.05, 3.63) is 76.2 Å². The summed E-state index contributed by atoms with van der Waals surface area (Å²) in [5, 5.41) is 5.47. The molecule has 5 nitrogen and oxygen atoms in total. The molecular weight excluding hydrogens is 359 g/mol. The Hall–Kier alpha value is -2.63. The zero-order valence-corrected chi connectivity index (χ0v) is 14.7. The van der Waals surface area contributed by atoms with Crippen LogP contribution in [0.25, 0.3) is 11.6 Å². The summed E-state index contributed by atoms with van der Waals surface area (Å²) in [7, 11) is 0. The molecule has 0 unspecified atom stereocenters. The summed E-state index contributed by atoms with van der Waals surface area (Å²) in [6.07, 6.45) is 1.65. The Kier molecular flexibility index (Phi) is 3.82. The number of halogens is 2. The number of nitrogens with zero attached hydrogens (tertiary/aromatic N) is 4. The highest BCUT2D eigenvalue weighted by Gasteiger charge is 2.24. The van der Waals surface area contributed by atoms with Gasteiger partial charge in [0.05, 0.1) is 21.4 Å². The number of fused-ring (bicyclic) bond motifs is 1. The molecule has 4 rings (SSSR count). The Morgan fingerprint density at radius 1 is 1.12 bits per heavy atom. The molecular formula is C18H12Cl2N4O. The van der Waals surface area contributed by atoms with Gasteiger partial charge >= 0.3 is 0 Å². The predicted molar refractivity (Wildman–Crippen MR) is 98.9 cm³/mol. The lowest BCUT2D eigenvalue weighted by Gasteiger charge is -2.19. The van der Waals surface area contributed by atoms with Gasteiger partial charge in [-0.05, 0) is 37.3 Å². The van der Waals surface area contributed by atoms with Crippen LogP contribution in [0.3, 0.4) is 0 Å². The van der Waals surface area contributed by atoms with Crippen LogP contribution in [-0.4, -0.2) is 20.7 Å². The summed E-state index contributed by atoms with van der Waals surface area (Å²) in [6, 6.07) is 10.8. The second-order valence-corrected chi connectivity index (χ2v) is 6.28. The number of benzene rings is 1. The van der Waals surface area contributed by atoms with Crippen molar-refractivity contribution >= 4 is 40.5 Å². The molecule has 0 amide bonds. The highest BCUT2D eigenvalue weighted by atomic mass is 35.5. The highest BCUT2D eigenvalue weighted by Crippen LogP contribution is 2.38. The van der Waals surface area contributed by atoms with Crippen molar-refractivity contribution in [2.75, 3.05) is 0 Å². The maximum Gasteiger partial charge on any atom is 0.246 e. The van der Waals surface area contributed by atoms with Gasteiger partial charge in [0.1, 0.15) is 11.5 Å². The molecule has 0 radical (unpaired) electrons. The van der Waals surface area contributed by atoms with E-state index in [1.54, 1.807) is 29.1 Å². The number of ether oxygens (including phenoxy) is 1. The first-order valence-corrected chi connectivity index (χ1v) is 8.22. The van der Waals surface area contributed by atoms with Crippen molar-refractivity contribution in [2.24, 2.45) is 4.99 Å². The van der Waals surface area contributed by atoms with E-state index in [0.717, 1.165) is 11.3 Å². The van der Waals surface area contributed by atoms with Crippen LogP contribution in [0.4, 0.5) is 5.69 Å². The van der Waals surface area contributed by atoms with Gasteiger partial charge in [-0.1, -0.05) is 35.8 Å². The predicted octanol–water partition coefficient (Wildman–Crippen LogP) is 4.96. The first-order chi connectivity index (χ1) is 12.0. The van der Waals surface area contributed by atoms with E-state index in [2.05, 4.69) is 21.7 Å². The van der Waals surface area contributed by atoms with Gasteiger partial charge in [-0.3, -0.25) is 0 Å². The van der Waals surface area contributed by atoms with Crippen LogP contribution in [-0.2, 0) is 4.74 Å². The minimum Gasteiger partial charge on any atom is -0.437 e. The standard InChI is InChI=1S/C18H12Cl2N4O/c1-10-9-15(24(23-10)17-14(20)7-4-8-21-17)18-22-16-12(11(2)25-18)5-3-6-13(16)19/h3-9H,2H2,1H3. The highest BCUT2D eigenvalue weighted by molar-refractivity contribution is 6.34. The van der Waals surface area contributed by atoms with Crippen LogP contribution >= 0.6 is 23.2 Å². The van der Waals surface area contributed by atoms with Gasteiger partial charge in [0.2, 0.25) is 5.90 Å². The maximum absolute atomic E-state index is 6.29. The lowest BCUT2D eigenvalue weighted by Crippen LogP contribution is -2.16. The summed E-state index contributed by atoms with van der Waals surface area (Å²) in [5.41, 5.74) is 2.77. The molecule has 3 aromatic rings. The zero-order valence-electron chi connectivity index (χ0n) is 13.2. The monoisotopic (exact) mass is 370 g/mol. The number of aliphatic imine (C=N–C) groups is 1. The number of para-hydroxylation sites is 1. The van der Waals surface area contributed by atoms with Crippen molar-refractivity contribution in [3.63, 3.8) is 0 Å². The lowest BCUT2D eigenvalue weighted by atomic mass is 10.1. The molecule has 0 spiro atoms. The molecule has 7 heteroatoms. The molecule has 0 bridgehead atoms. The molecule has 2 aromatic heterocycles. The second kappa shape index (κ2) is 6.02. The Morgan fingerprint density at radius 2 is 1.92 bits per heavy atom. The average molecular weight is 371 g/mol. The first kappa shape index (κ1) is 15.9. The molecule has 0 saturated carbocycles. The molecule has 1 aliphatic rings. The van der Waals surface area contributed by atoms with E-state index in [1.165, 1.54) is 0 Å². The molecule has 3 heterocycles. The van der Waals surface area contributed by atoms with Gasteiger partial charge in [-0.2, -0.15) is 5.10 Å². The topological polar surface area (TPSA) is 52.3 Å². The van der Waals surface area contributed by atoms with Crippen molar-refractivity contribution in [3.8, 4) is 5.82 Å². The van der Waals surface area contributed by atoms with Crippen LogP contribution in [0.5, 0.6) is 0 Å². The molecule has 0 aliphatic carbocycles. The molecule has 0 saturated heterocycles.